The van der Waals surface area contributed by atoms with Crippen LogP contribution in [0.15, 0.2) is 60.7 Å². The minimum Gasteiger partial charge on any atom is -0.494 e. The van der Waals surface area contributed by atoms with E-state index in [1.807, 2.05) is 6.07 Å². The second-order valence-electron chi connectivity index (χ2n) is 7.38. The van der Waals surface area contributed by atoms with Gasteiger partial charge in [0, 0.05) is 12.1 Å². The Balaban J connectivity index is 1.82. The molecule has 1 unspecified atom stereocenters. The van der Waals surface area contributed by atoms with Crippen molar-refractivity contribution < 1.29 is 23.5 Å². The van der Waals surface area contributed by atoms with Gasteiger partial charge in [-0.3, -0.25) is 4.79 Å². The fourth-order valence-corrected chi connectivity index (χ4v) is 3.48. The summed E-state index contributed by atoms with van der Waals surface area (Å²) in [4.78, 5) is 25.5. The maximum Gasteiger partial charge on any atom is 0.332 e. The number of nitrogens with one attached hydrogen (secondary N) is 2. The topological polar surface area (TPSA) is 104 Å². The number of rotatable bonds is 7. The van der Waals surface area contributed by atoms with E-state index in [0.717, 1.165) is 9.87 Å². The number of methoxy groups -OCH3 is 2. The number of urea groups is 1. The number of ether oxygens (including phenoxy) is 2. The highest BCUT2D eigenvalue weighted by molar-refractivity contribution is 7.82. The van der Waals surface area contributed by atoms with E-state index in [1.165, 1.54) is 44.6 Å². The predicted octanol–water partition coefficient (Wildman–Crippen LogP) is 5.09. The number of hydrogen-bond acceptors (Lipinski definition) is 6. The van der Waals surface area contributed by atoms with Crippen LogP contribution in [0.3, 0.4) is 0 Å². The molecule has 3 amide bonds. The van der Waals surface area contributed by atoms with Crippen molar-refractivity contribution in [2.24, 2.45) is 0 Å². The number of anilines is 2. The first-order valence-corrected chi connectivity index (χ1v) is 10.8. The maximum absolute atomic E-state index is 14.0. The van der Waals surface area contributed by atoms with Gasteiger partial charge in [-0.25, -0.2) is 13.5 Å². The van der Waals surface area contributed by atoms with Crippen LogP contribution in [0.5, 0.6) is 11.5 Å². The lowest BCUT2D eigenvalue weighted by Crippen LogP contribution is -2.36. The van der Waals surface area contributed by atoms with Crippen LogP contribution < -0.4 is 24.4 Å². The second kappa shape index (κ2) is 11.3. The summed E-state index contributed by atoms with van der Waals surface area (Å²) in [6, 6.07) is 16.5. The van der Waals surface area contributed by atoms with Gasteiger partial charge in [0.1, 0.15) is 23.0 Å². The molecular formula is C25H23FN4O4S. The molecule has 3 aromatic carbocycles. The Morgan fingerprint density at radius 2 is 1.71 bits per heavy atom. The summed E-state index contributed by atoms with van der Waals surface area (Å²) in [6.45, 7) is 1.79. The Morgan fingerprint density at radius 1 is 1.06 bits per heavy atom. The average molecular weight is 495 g/mol. The molecule has 0 fully saturated rings. The van der Waals surface area contributed by atoms with E-state index in [-0.39, 0.29) is 34.5 Å². The molecule has 180 valence electrons. The number of halogens is 1. The van der Waals surface area contributed by atoms with Crippen molar-refractivity contribution in [2.45, 2.75) is 13.0 Å². The molecule has 3 aromatic rings. The van der Waals surface area contributed by atoms with Gasteiger partial charge in [0.05, 0.1) is 43.1 Å². The minimum absolute atomic E-state index is 0.135. The van der Waals surface area contributed by atoms with Crippen LogP contribution in [-0.2, 0) is 0 Å². The van der Waals surface area contributed by atoms with Gasteiger partial charge in [0.2, 0.25) is 0 Å². The van der Waals surface area contributed by atoms with Gasteiger partial charge >= 0.3 is 6.03 Å². The molecule has 0 aliphatic carbocycles. The summed E-state index contributed by atoms with van der Waals surface area (Å²) in [5.41, 5.74) is 1.65. The average Bonchev–Trinajstić information content (AvgIpc) is 2.88. The molecule has 2 N–H and O–H groups in total. The summed E-state index contributed by atoms with van der Waals surface area (Å²) in [7, 11) is 2.78. The summed E-state index contributed by atoms with van der Waals surface area (Å²) in [5, 5.41) is 14.4. The number of thiol groups is 1. The third-order valence-electron chi connectivity index (χ3n) is 5.17. The van der Waals surface area contributed by atoms with E-state index in [2.05, 4.69) is 23.4 Å². The van der Waals surface area contributed by atoms with E-state index in [1.54, 1.807) is 37.3 Å². The second-order valence-corrected chi connectivity index (χ2v) is 7.78. The van der Waals surface area contributed by atoms with Crippen LogP contribution in [0.4, 0.5) is 20.6 Å². The molecule has 0 bridgehead atoms. The van der Waals surface area contributed by atoms with Crippen molar-refractivity contribution in [1.82, 2.24) is 5.32 Å². The fraction of sp³-hybridized carbons (Fsp3) is 0.160. The minimum atomic E-state index is -0.673. The molecule has 0 saturated carbocycles. The summed E-state index contributed by atoms with van der Waals surface area (Å²) in [6.07, 6.45) is 0. The van der Waals surface area contributed by atoms with E-state index in [0.29, 0.717) is 5.56 Å². The Morgan fingerprint density at radius 3 is 2.31 bits per heavy atom. The molecule has 0 saturated heterocycles. The fourth-order valence-electron chi connectivity index (χ4n) is 3.27. The third kappa shape index (κ3) is 5.83. The number of amides is 3. The van der Waals surface area contributed by atoms with E-state index >= 15 is 0 Å². The Hall–Kier alpha value is -4.23. The molecule has 0 heterocycles. The van der Waals surface area contributed by atoms with Gasteiger partial charge < -0.3 is 20.1 Å². The van der Waals surface area contributed by atoms with Gasteiger partial charge in [-0.15, -0.1) is 0 Å². The normalized spacial score (nSPS) is 11.1. The lowest BCUT2D eigenvalue weighted by molar-refractivity contribution is 0.102. The summed E-state index contributed by atoms with van der Waals surface area (Å²) in [5.74, 6) is -0.918. The zero-order chi connectivity index (χ0) is 25.5. The van der Waals surface area contributed by atoms with E-state index in [9.17, 15) is 14.0 Å². The van der Waals surface area contributed by atoms with Gasteiger partial charge in [0.15, 0.2) is 0 Å². The Kier molecular flexibility index (Phi) is 8.17. The maximum atomic E-state index is 14.0. The first kappa shape index (κ1) is 25.4. The van der Waals surface area contributed by atoms with Crippen LogP contribution in [0, 0.1) is 17.1 Å². The molecule has 0 aromatic heterocycles. The van der Waals surface area contributed by atoms with Gasteiger partial charge in [-0.1, -0.05) is 37.1 Å². The first-order valence-electron chi connectivity index (χ1n) is 10.4. The molecule has 0 spiro atoms. The van der Waals surface area contributed by atoms with Crippen LogP contribution in [-0.4, -0.2) is 26.2 Å². The van der Waals surface area contributed by atoms with E-state index in [4.69, 9.17) is 14.7 Å². The number of carbonyl (C=O) groups is 2. The highest BCUT2D eigenvalue weighted by Crippen LogP contribution is 2.39. The summed E-state index contributed by atoms with van der Waals surface area (Å²) < 4.78 is 25.8. The van der Waals surface area contributed by atoms with Gasteiger partial charge in [0.25, 0.3) is 5.91 Å². The molecule has 35 heavy (non-hydrogen) atoms. The molecule has 0 radical (unpaired) electrons. The van der Waals surface area contributed by atoms with Crippen molar-refractivity contribution in [3.63, 3.8) is 0 Å². The SMILES string of the molecule is COc1cc(N(S)C(=O)NC(C)c2ccc(C#N)cc2)c(OC)cc1NC(=O)c1ccccc1F. The van der Waals surface area contributed by atoms with Crippen molar-refractivity contribution in [3.05, 3.63) is 83.2 Å². The molecular weight excluding hydrogens is 471 g/mol. The van der Waals surface area contributed by atoms with Crippen molar-refractivity contribution in [3.8, 4) is 17.6 Å². The molecule has 3 rings (SSSR count). The Bertz CT molecular complexity index is 1280. The lowest BCUT2D eigenvalue weighted by Gasteiger charge is -2.23. The smallest absolute Gasteiger partial charge is 0.332 e. The number of carbonyl (C=O) groups excluding carboxylic acids is 2. The zero-order valence-corrected chi connectivity index (χ0v) is 20.1. The highest BCUT2D eigenvalue weighted by Gasteiger charge is 2.23. The molecule has 0 aliphatic heterocycles. The third-order valence-corrected chi connectivity index (χ3v) is 5.57. The Labute approximate surface area is 207 Å². The molecule has 0 aliphatic rings. The van der Waals surface area contributed by atoms with E-state index < -0.39 is 17.8 Å². The first-order chi connectivity index (χ1) is 16.8. The van der Waals surface area contributed by atoms with Gasteiger partial charge in [-0.2, -0.15) is 5.26 Å². The molecule has 8 nitrogen and oxygen atoms in total. The zero-order valence-electron chi connectivity index (χ0n) is 19.2. The van der Waals surface area contributed by atoms with Crippen molar-refractivity contribution in [2.75, 3.05) is 23.8 Å². The number of nitrogens with zero attached hydrogens (tertiary/aromatic N) is 2. The molecule has 10 heteroatoms. The quantitative estimate of drug-likeness (QED) is 0.397. The highest BCUT2D eigenvalue weighted by atomic mass is 32.1. The number of hydrogen-bond donors (Lipinski definition) is 3. The number of benzene rings is 3. The number of nitriles is 1. The van der Waals surface area contributed by atoms with Crippen LogP contribution >= 0.6 is 12.8 Å². The lowest BCUT2D eigenvalue weighted by atomic mass is 10.1. The van der Waals surface area contributed by atoms with Crippen molar-refractivity contribution >= 4 is 36.1 Å². The van der Waals surface area contributed by atoms with Gasteiger partial charge in [-0.05, 0) is 36.8 Å². The monoisotopic (exact) mass is 494 g/mol. The predicted molar refractivity (Wildman–Crippen MR) is 133 cm³/mol. The largest absolute Gasteiger partial charge is 0.494 e. The van der Waals surface area contributed by atoms with Crippen LogP contribution in [0.25, 0.3) is 0 Å². The standard InChI is InChI=1S/C25H23FN4O4S/c1-15(17-10-8-16(14-27)9-11-17)28-25(32)30(35)21-13-22(33-2)20(12-23(21)34-3)29-24(31)18-6-4-5-7-19(18)26/h4-13,15,35H,1-3H3,(H,28,32)(H,29,31). The van der Waals surface area contributed by atoms with Crippen molar-refractivity contribution in [1.29, 1.82) is 5.26 Å². The summed E-state index contributed by atoms with van der Waals surface area (Å²) >= 11 is 4.32. The molecule has 1 atom stereocenters. The van der Waals surface area contributed by atoms with Crippen LogP contribution in [0.2, 0.25) is 0 Å². The van der Waals surface area contributed by atoms with Crippen LogP contribution in [0.1, 0.15) is 34.5 Å².